The van der Waals surface area contributed by atoms with Crippen LogP contribution < -0.4 is 10.2 Å². The third-order valence-electron chi connectivity index (χ3n) is 2.34. The van der Waals surface area contributed by atoms with E-state index in [0.717, 1.165) is 5.56 Å². The zero-order chi connectivity index (χ0) is 10.6. The normalized spacial score (nSPS) is 12.6. The van der Waals surface area contributed by atoms with E-state index in [2.05, 4.69) is 22.3 Å². The van der Waals surface area contributed by atoms with Gasteiger partial charge in [0.15, 0.2) is 0 Å². The van der Waals surface area contributed by atoms with Gasteiger partial charge in [-0.3, -0.25) is 0 Å². The SMILES string of the molecule is CNC(CO)c1ccc(N(C)C)cc1. The van der Waals surface area contributed by atoms with E-state index in [1.807, 2.05) is 33.3 Å². The summed E-state index contributed by atoms with van der Waals surface area (Å²) in [4.78, 5) is 2.05. The Morgan fingerprint density at radius 1 is 1.29 bits per heavy atom. The van der Waals surface area contributed by atoms with Crippen LogP contribution in [0.4, 0.5) is 5.69 Å². The molecule has 0 aliphatic heterocycles. The van der Waals surface area contributed by atoms with Crippen molar-refractivity contribution in [3.05, 3.63) is 29.8 Å². The van der Waals surface area contributed by atoms with Gasteiger partial charge in [-0.05, 0) is 24.7 Å². The van der Waals surface area contributed by atoms with Crippen molar-refractivity contribution in [3.63, 3.8) is 0 Å². The van der Waals surface area contributed by atoms with E-state index in [4.69, 9.17) is 5.11 Å². The van der Waals surface area contributed by atoms with Crippen LogP contribution in [0.2, 0.25) is 0 Å². The van der Waals surface area contributed by atoms with Crippen molar-refractivity contribution in [2.75, 3.05) is 32.6 Å². The molecule has 0 amide bonds. The molecule has 0 radical (unpaired) electrons. The second-order valence-electron chi connectivity index (χ2n) is 3.51. The van der Waals surface area contributed by atoms with Crippen molar-refractivity contribution in [2.24, 2.45) is 0 Å². The van der Waals surface area contributed by atoms with Gasteiger partial charge in [-0.15, -0.1) is 0 Å². The van der Waals surface area contributed by atoms with Crippen LogP contribution in [0, 0.1) is 0 Å². The molecule has 0 heterocycles. The van der Waals surface area contributed by atoms with Gasteiger partial charge in [0.05, 0.1) is 12.6 Å². The van der Waals surface area contributed by atoms with Crippen molar-refractivity contribution in [1.82, 2.24) is 5.32 Å². The minimum absolute atomic E-state index is 0.0335. The predicted octanol–water partition coefficient (Wildman–Crippen LogP) is 1.01. The Kier molecular flexibility index (Phi) is 3.92. The van der Waals surface area contributed by atoms with Gasteiger partial charge in [-0.25, -0.2) is 0 Å². The van der Waals surface area contributed by atoms with Crippen LogP contribution in [0.1, 0.15) is 11.6 Å². The maximum absolute atomic E-state index is 9.09. The lowest BCUT2D eigenvalue weighted by Crippen LogP contribution is -2.20. The van der Waals surface area contributed by atoms with Crippen LogP contribution >= 0.6 is 0 Å². The molecule has 3 heteroatoms. The molecule has 1 rings (SSSR count). The van der Waals surface area contributed by atoms with E-state index < -0.39 is 0 Å². The van der Waals surface area contributed by atoms with E-state index >= 15 is 0 Å². The van der Waals surface area contributed by atoms with Gasteiger partial charge in [0.25, 0.3) is 0 Å². The molecule has 0 spiro atoms. The van der Waals surface area contributed by atoms with E-state index in [1.165, 1.54) is 5.69 Å². The molecule has 0 bridgehead atoms. The smallest absolute Gasteiger partial charge is 0.0626 e. The molecule has 1 unspecified atom stereocenters. The Balaban J connectivity index is 2.81. The number of likely N-dealkylation sites (N-methyl/N-ethyl adjacent to an activating group) is 1. The number of anilines is 1. The average Bonchev–Trinajstić information content (AvgIpc) is 2.20. The van der Waals surface area contributed by atoms with Gasteiger partial charge >= 0.3 is 0 Å². The van der Waals surface area contributed by atoms with Gasteiger partial charge in [-0.2, -0.15) is 0 Å². The molecule has 0 aromatic heterocycles. The second kappa shape index (κ2) is 4.98. The average molecular weight is 194 g/mol. The Morgan fingerprint density at radius 3 is 2.21 bits per heavy atom. The third-order valence-corrected chi connectivity index (χ3v) is 2.34. The highest BCUT2D eigenvalue weighted by Crippen LogP contribution is 2.17. The molecule has 0 fully saturated rings. The number of rotatable bonds is 4. The molecule has 78 valence electrons. The van der Waals surface area contributed by atoms with Crippen LogP contribution in [-0.4, -0.2) is 32.9 Å². The molecule has 0 aliphatic rings. The summed E-state index contributed by atoms with van der Waals surface area (Å²) < 4.78 is 0. The molecule has 0 saturated carbocycles. The lowest BCUT2D eigenvalue weighted by molar-refractivity contribution is 0.251. The van der Waals surface area contributed by atoms with Gasteiger partial charge in [0.1, 0.15) is 0 Å². The molecule has 0 saturated heterocycles. The maximum Gasteiger partial charge on any atom is 0.0626 e. The molecular formula is C11H18N2O. The van der Waals surface area contributed by atoms with Gasteiger partial charge in [0.2, 0.25) is 0 Å². The number of hydrogen-bond acceptors (Lipinski definition) is 3. The molecule has 1 atom stereocenters. The Labute approximate surface area is 85.4 Å². The van der Waals surface area contributed by atoms with Crippen LogP contribution in [0.25, 0.3) is 0 Å². The summed E-state index contributed by atoms with van der Waals surface area (Å²) in [5.41, 5.74) is 2.28. The zero-order valence-corrected chi connectivity index (χ0v) is 8.99. The fraction of sp³-hybridized carbons (Fsp3) is 0.455. The Morgan fingerprint density at radius 2 is 1.86 bits per heavy atom. The quantitative estimate of drug-likeness (QED) is 0.750. The molecule has 2 N–H and O–H groups in total. The minimum atomic E-state index is 0.0335. The topological polar surface area (TPSA) is 35.5 Å². The van der Waals surface area contributed by atoms with Crippen molar-refractivity contribution >= 4 is 5.69 Å². The van der Waals surface area contributed by atoms with Crippen molar-refractivity contribution in [1.29, 1.82) is 0 Å². The Bertz CT molecular complexity index is 265. The fourth-order valence-corrected chi connectivity index (χ4v) is 1.37. The summed E-state index contributed by atoms with van der Waals surface area (Å²) in [5.74, 6) is 0. The van der Waals surface area contributed by atoms with Crippen LogP contribution in [0.3, 0.4) is 0 Å². The summed E-state index contributed by atoms with van der Waals surface area (Å²) >= 11 is 0. The molecular weight excluding hydrogens is 176 g/mol. The summed E-state index contributed by atoms with van der Waals surface area (Å²) in [6.07, 6.45) is 0. The van der Waals surface area contributed by atoms with Crippen molar-refractivity contribution < 1.29 is 5.11 Å². The number of hydrogen-bond donors (Lipinski definition) is 2. The van der Waals surface area contributed by atoms with Crippen molar-refractivity contribution in [2.45, 2.75) is 6.04 Å². The van der Waals surface area contributed by atoms with Crippen LogP contribution in [0.15, 0.2) is 24.3 Å². The molecule has 3 nitrogen and oxygen atoms in total. The van der Waals surface area contributed by atoms with Gasteiger partial charge in [0, 0.05) is 19.8 Å². The second-order valence-corrected chi connectivity index (χ2v) is 3.51. The maximum atomic E-state index is 9.09. The van der Waals surface area contributed by atoms with E-state index in [1.54, 1.807) is 0 Å². The molecule has 1 aromatic rings. The first-order valence-electron chi connectivity index (χ1n) is 4.74. The van der Waals surface area contributed by atoms with Crippen LogP contribution in [0.5, 0.6) is 0 Å². The standard InChI is InChI=1S/C11H18N2O/c1-12-11(8-14)9-4-6-10(7-5-9)13(2)3/h4-7,11-12,14H,8H2,1-3H3. The van der Waals surface area contributed by atoms with E-state index in [0.29, 0.717) is 0 Å². The number of benzene rings is 1. The number of nitrogens with zero attached hydrogens (tertiary/aromatic N) is 1. The molecule has 1 aromatic carbocycles. The summed E-state index contributed by atoms with van der Waals surface area (Å²) in [6, 6.07) is 8.20. The summed E-state index contributed by atoms with van der Waals surface area (Å²) in [6.45, 7) is 0.123. The van der Waals surface area contributed by atoms with Crippen molar-refractivity contribution in [3.8, 4) is 0 Å². The largest absolute Gasteiger partial charge is 0.394 e. The summed E-state index contributed by atoms with van der Waals surface area (Å²) in [5, 5.41) is 12.1. The van der Waals surface area contributed by atoms with Gasteiger partial charge < -0.3 is 15.3 Å². The number of aliphatic hydroxyl groups excluding tert-OH is 1. The van der Waals surface area contributed by atoms with E-state index in [-0.39, 0.29) is 12.6 Å². The van der Waals surface area contributed by atoms with E-state index in [9.17, 15) is 0 Å². The highest BCUT2D eigenvalue weighted by molar-refractivity contribution is 5.46. The van der Waals surface area contributed by atoms with Gasteiger partial charge in [-0.1, -0.05) is 12.1 Å². The fourth-order valence-electron chi connectivity index (χ4n) is 1.37. The molecule has 0 aliphatic carbocycles. The number of aliphatic hydroxyl groups is 1. The Hall–Kier alpha value is -1.06. The lowest BCUT2D eigenvalue weighted by Gasteiger charge is -2.16. The lowest BCUT2D eigenvalue weighted by atomic mass is 10.1. The monoisotopic (exact) mass is 194 g/mol. The third kappa shape index (κ3) is 2.47. The predicted molar refractivity (Wildman–Crippen MR) is 59.7 cm³/mol. The number of nitrogens with one attached hydrogen (secondary N) is 1. The summed E-state index contributed by atoms with van der Waals surface area (Å²) in [7, 11) is 5.87. The zero-order valence-electron chi connectivity index (χ0n) is 8.99. The molecule has 14 heavy (non-hydrogen) atoms. The highest BCUT2D eigenvalue weighted by Gasteiger charge is 2.06. The highest BCUT2D eigenvalue weighted by atomic mass is 16.3. The van der Waals surface area contributed by atoms with Crippen LogP contribution in [-0.2, 0) is 0 Å². The first-order chi connectivity index (χ1) is 6.69. The first-order valence-corrected chi connectivity index (χ1v) is 4.74. The minimum Gasteiger partial charge on any atom is -0.394 e. The first kappa shape index (κ1) is 11.0.